The van der Waals surface area contributed by atoms with Crippen LogP contribution in [0.3, 0.4) is 0 Å². The Morgan fingerprint density at radius 1 is 1.29 bits per heavy atom. The van der Waals surface area contributed by atoms with Crippen LogP contribution in [-0.2, 0) is 6.54 Å². The van der Waals surface area contributed by atoms with Gasteiger partial charge in [0.1, 0.15) is 0 Å². The fourth-order valence-corrected chi connectivity index (χ4v) is 1.08. The molecule has 0 bridgehead atoms. The molecular formula is C11H16F2IN3. The third-order valence-electron chi connectivity index (χ3n) is 2.11. The van der Waals surface area contributed by atoms with Crippen LogP contribution in [0, 0.1) is 0 Å². The molecule has 1 rings (SSSR count). The van der Waals surface area contributed by atoms with Gasteiger partial charge in [-0.05, 0) is 5.56 Å². The molecular weight excluding hydrogens is 339 g/mol. The van der Waals surface area contributed by atoms with E-state index in [2.05, 4.69) is 4.99 Å². The number of alkyl halides is 2. The second-order valence-electron chi connectivity index (χ2n) is 3.61. The summed E-state index contributed by atoms with van der Waals surface area (Å²) in [6.45, 7) is 0.396. The van der Waals surface area contributed by atoms with Gasteiger partial charge < -0.3 is 10.6 Å². The van der Waals surface area contributed by atoms with E-state index in [9.17, 15) is 8.78 Å². The molecule has 0 saturated heterocycles. The average molecular weight is 355 g/mol. The van der Waals surface area contributed by atoms with E-state index in [0.717, 1.165) is 5.56 Å². The predicted octanol–water partition coefficient (Wildman–Crippen LogP) is 2.62. The molecule has 1 aromatic carbocycles. The van der Waals surface area contributed by atoms with Crippen molar-refractivity contribution in [2.24, 2.45) is 10.7 Å². The van der Waals surface area contributed by atoms with Crippen molar-refractivity contribution in [2.45, 2.75) is 13.0 Å². The highest BCUT2D eigenvalue weighted by molar-refractivity contribution is 14.0. The summed E-state index contributed by atoms with van der Waals surface area (Å²) in [5, 5.41) is 0. The number of rotatable bonds is 3. The number of guanidine groups is 1. The third-order valence-corrected chi connectivity index (χ3v) is 2.11. The van der Waals surface area contributed by atoms with Crippen molar-refractivity contribution in [1.29, 1.82) is 0 Å². The first-order valence-corrected chi connectivity index (χ1v) is 4.85. The first-order valence-electron chi connectivity index (χ1n) is 4.85. The lowest BCUT2D eigenvalue weighted by Crippen LogP contribution is -2.30. The van der Waals surface area contributed by atoms with Crippen LogP contribution in [0.25, 0.3) is 0 Å². The Balaban J connectivity index is 0.00000256. The van der Waals surface area contributed by atoms with E-state index in [-0.39, 0.29) is 29.5 Å². The number of nitrogens with zero attached hydrogens (tertiary/aromatic N) is 2. The number of aliphatic imine (C=N–C) groups is 1. The molecule has 6 heteroatoms. The minimum atomic E-state index is -2.43. The first kappa shape index (κ1) is 16.1. The van der Waals surface area contributed by atoms with Crippen LogP contribution in [0.15, 0.2) is 29.3 Å². The van der Waals surface area contributed by atoms with Crippen LogP contribution in [-0.4, -0.2) is 25.0 Å². The third kappa shape index (κ3) is 5.29. The van der Waals surface area contributed by atoms with Gasteiger partial charge >= 0.3 is 0 Å². The highest BCUT2D eigenvalue weighted by Crippen LogP contribution is 2.18. The molecule has 0 atom stereocenters. The maximum atomic E-state index is 12.3. The number of hydrogen-bond donors (Lipinski definition) is 1. The summed E-state index contributed by atoms with van der Waals surface area (Å²) in [5.74, 6) is 0.415. The molecule has 2 N–H and O–H groups in total. The molecule has 0 aliphatic rings. The van der Waals surface area contributed by atoms with Crippen molar-refractivity contribution in [3.05, 3.63) is 35.4 Å². The van der Waals surface area contributed by atoms with Crippen molar-refractivity contribution >= 4 is 29.9 Å². The Hall–Kier alpha value is -0.920. The fourth-order valence-electron chi connectivity index (χ4n) is 1.08. The van der Waals surface area contributed by atoms with Crippen molar-refractivity contribution in [3.63, 3.8) is 0 Å². The van der Waals surface area contributed by atoms with Gasteiger partial charge in [-0.3, -0.25) is 0 Å². The zero-order valence-electron chi connectivity index (χ0n) is 9.73. The molecule has 0 aromatic heterocycles. The summed E-state index contributed by atoms with van der Waals surface area (Å²) in [6.07, 6.45) is -2.43. The number of halogens is 3. The molecule has 0 heterocycles. The standard InChI is InChI=1S/C11H15F2N3.HI/c1-16(2)11(14)15-7-8-3-5-9(6-4-8)10(12)13;/h3-6,10H,7H2,1-2H3,(H2,14,15);1H. The highest BCUT2D eigenvalue weighted by atomic mass is 127. The molecule has 0 aliphatic carbocycles. The van der Waals surface area contributed by atoms with Crippen LogP contribution >= 0.6 is 24.0 Å². The first-order chi connectivity index (χ1) is 7.50. The van der Waals surface area contributed by atoms with Crippen LogP contribution in [0.1, 0.15) is 17.6 Å². The molecule has 0 radical (unpaired) electrons. The Bertz CT molecular complexity index is 363. The molecule has 17 heavy (non-hydrogen) atoms. The van der Waals surface area contributed by atoms with E-state index in [4.69, 9.17) is 5.73 Å². The molecule has 0 aliphatic heterocycles. The number of benzene rings is 1. The summed E-state index contributed by atoms with van der Waals surface area (Å²) in [6, 6.07) is 6.07. The molecule has 0 unspecified atom stereocenters. The van der Waals surface area contributed by atoms with E-state index < -0.39 is 6.43 Å². The summed E-state index contributed by atoms with van der Waals surface area (Å²) < 4.78 is 24.5. The average Bonchev–Trinajstić information content (AvgIpc) is 2.26. The van der Waals surface area contributed by atoms with Crippen molar-refractivity contribution in [1.82, 2.24) is 4.90 Å². The second kappa shape index (κ2) is 7.41. The van der Waals surface area contributed by atoms with Crippen LogP contribution in [0.4, 0.5) is 8.78 Å². The van der Waals surface area contributed by atoms with E-state index in [1.807, 2.05) is 0 Å². The lowest BCUT2D eigenvalue weighted by molar-refractivity contribution is 0.151. The van der Waals surface area contributed by atoms with Gasteiger partial charge in [0.15, 0.2) is 5.96 Å². The summed E-state index contributed by atoms with van der Waals surface area (Å²) in [4.78, 5) is 5.79. The van der Waals surface area contributed by atoms with Gasteiger partial charge in [0.05, 0.1) is 6.54 Å². The topological polar surface area (TPSA) is 41.6 Å². The van der Waals surface area contributed by atoms with Gasteiger partial charge in [-0.15, -0.1) is 24.0 Å². The van der Waals surface area contributed by atoms with E-state index >= 15 is 0 Å². The van der Waals surface area contributed by atoms with E-state index in [1.165, 1.54) is 12.1 Å². The second-order valence-corrected chi connectivity index (χ2v) is 3.61. The molecule has 0 amide bonds. The zero-order chi connectivity index (χ0) is 12.1. The molecule has 96 valence electrons. The summed E-state index contributed by atoms with van der Waals surface area (Å²) in [5.41, 5.74) is 6.48. The number of hydrogen-bond acceptors (Lipinski definition) is 1. The van der Waals surface area contributed by atoms with E-state index in [1.54, 1.807) is 31.1 Å². The van der Waals surface area contributed by atoms with Gasteiger partial charge in [-0.25, -0.2) is 13.8 Å². The SMILES string of the molecule is CN(C)C(N)=NCc1ccc(C(F)F)cc1.I. The fraction of sp³-hybridized carbons (Fsp3) is 0.364. The molecule has 0 saturated carbocycles. The summed E-state index contributed by atoms with van der Waals surface area (Å²) >= 11 is 0. The van der Waals surface area contributed by atoms with Crippen molar-refractivity contribution < 1.29 is 8.78 Å². The maximum absolute atomic E-state index is 12.3. The van der Waals surface area contributed by atoms with Crippen molar-refractivity contribution in [2.75, 3.05) is 14.1 Å². The zero-order valence-corrected chi connectivity index (χ0v) is 12.1. The lowest BCUT2D eigenvalue weighted by Gasteiger charge is -2.10. The lowest BCUT2D eigenvalue weighted by atomic mass is 10.1. The van der Waals surface area contributed by atoms with Gasteiger partial charge in [-0.1, -0.05) is 24.3 Å². The summed E-state index contributed by atoms with van der Waals surface area (Å²) in [7, 11) is 3.58. The molecule has 1 aromatic rings. The van der Waals surface area contributed by atoms with Gasteiger partial charge in [0.2, 0.25) is 0 Å². The Morgan fingerprint density at radius 2 is 1.82 bits per heavy atom. The van der Waals surface area contributed by atoms with Crippen LogP contribution in [0.2, 0.25) is 0 Å². The predicted molar refractivity (Wildman–Crippen MR) is 75.8 cm³/mol. The van der Waals surface area contributed by atoms with E-state index in [0.29, 0.717) is 12.5 Å². The Morgan fingerprint density at radius 3 is 2.24 bits per heavy atom. The Labute approximate surface area is 117 Å². The molecule has 0 fully saturated rings. The van der Waals surface area contributed by atoms with Crippen LogP contribution in [0.5, 0.6) is 0 Å². The minimum absolute atomic E-state index is 0. The van der Waals surface area contributed by atoms with Crippen LogP contribution < -0.4 is 5.73 Å². The largest absolute Gasteiger partial charge is 0.370 e. The van der Waals surface area contributed by atoms with Gasteiger partial charge in [-0.2, -0.15) is 0 Å². The Kier molecular flexibility index (Phi) is 7.01. The van der Waals surface area contributed by atoms with Gasteiger partial charge in [0, 0.05) is 19.7 Å². The highest BCUT2D eigenvalue weighted by Gasteiger charge is 2.05. The minimum Gasteiger partial charge on any atom is -0.370 e. The smallest absolute Gasteiger partial charge is 0.263 e. The van der Waals surface area contributed by atoms with Gasteiger partial charge in [0.25, 0.3) is 6.43 Å². The maximum Gasteiger partial charge on any atom is 0.263 e. The van der Waals surface area contributed by atoms with Crippen molar-refractivity contribution in [3.8, 4) is 0 Å². The number of nitrogens with two attached hydrogens (primary N) is 1. The molecule has 0 spiro atoms. The quantitative estimate of drug-likeness (QED) is 0.515. The molecule has 3 nitrogen and oxygen atoms in total. The monoisotopic (exact) mass is 355 g/mol. The normalized spacial score (nSPS) is 11.2.